The largest absolute Gasteiger partial charge is 0.481 e. The molecular weight excluding hydrogens is 280 g/mol. The van der Waals surface area contributed by atoms with Gasteiger partial charge in [-0.05, 0) is 37.5 Å². The van der Waals surface area contributed by atoms with E-state index in [0.717, 1.165) is 38.5 Å². The molecule has 1 aliphatic carbocycles. The number of aliphatic carboxylic acids is 2. The molecule has 1 aliphatic rings. The number of unbranched alkanes of at least 4 members (excludes halogenated alkanes) is 3. The first-order valence-corrected chi connectivity index (χ1v) is 8.96. The van der Waals surface area contributed by atoms with Crippen molar-refractivity contribution in [2.45, 2.75) is 90.4 Å². The fraction of sp³-hybridized carbons (Fsp3) is 0.889. The number of carbonyl (C=O) groups is 2. The monoisotopic (exact) mass is 312 g/mol. The van der Waals surface area contributed by atoms with Crippen LogP contribution in [0.2, 0.25) is 0 Å². The number of carboxylic acid groups (broad SMARTS) is 2. The molecular formula is C18H32O4. The smallest absolute Gasteiger partial charge is 0.307 e. The van der Waals surface area contributed by atoms with Crippen LogP contribution in [-0.4, -0.2) is 22.2 Å². The summed E-state index contributed by atoms with van der Waals surface area (Å²) >= 11 is 0. The average Bonchev–Trinajstić information content (AvgIpc) is 2.48. The minimum atomic E-state index is -0.829. The van der Waals surface area contributed by atoms with Crippen LogP contribution in [0.3, 0.4) is 0 Å². The average molecular weight is 312 g/mol. The van der Waals surface area contributed by atoms with Gasteiger partial charge in [0.15, 0.2) is 0 Å². The highest BCUT2D eigenvalue weighted by Crippen LogP contribution is 2.48. The molecule has 1 atom stereocenters. The Morgan fingerprint density at radius 1 is 1.00 bits per heavy atom. The SMILES string of the molecule is CCCCCCC1(C(CCCC(=O)O)C(=O)O)CCCCC1. The van der Waals surface area contributed by atoms with Crippen molar-refractivity contribution in [2.75, 3.05) is 0 Å². The maximum absolute atomic E-state index is 11.8. The Labute approximate surface area is 134 Å². The number of hydrogen-bond acceptors (Lipinski definition) is 2. The van der Waals surface area contributed by atoms with Gasteiger partial charge in [0.05, 0.1) is 5.92 Å². The van der Waals surface area contributed by atoms with Crippen LogP contribution in [0.15, 0.2) is 0 Å². The van der Waals surface area contributed by atoms with Crippen molar-refractivity contribution in [1.82, 2.24) is 0 Å². The van der Waals surface area contributed by atoms with Gasteiger partial charge in [0.1, 0.15) is 0 Å². The van der Waals surface area contributed by atoms with Gasteiger partial charge >= 0.3 is 11.9 Å². The lowest BCUT2D eigenvalue weighted by Gasteiger charge is -2.42. The fourth-order valence-electron chi connectivity index (χ4n) is 4.08. The van der Waals surface area contributed by atoms with E-state index in [9.17, 15) is 14.7 Å². The molecule has 0 heterocycles. The van der Waals surface area contributed by atoms with E-state index in [4.69, 9.17) is 5.11 Å². The van der Waals surface area contributed by atoms with E-state index in [2.05, 4.69) is 6.92 Å². The minimum absolute atomic E-state index is 0.0791. The molecule has 0 aromatic heterocycles. The zero-order chi connectivity index (χ0) is 16.4. The molecule has 1 rings (SSSR count). The van der Waals surface area contributed by atoms with Crippen LogP contribution in [-0.2, 0) is 9.59 Å². The van der Waals surface area contributed by atoms with Crippen molar-refractivity contribution < 1.29 is 19.8 Å². The molecule has 0 spiro atoms. The summed E-state index contributed by atoms with van der Waals surface area (Å²) in [5.74, 6) is -1.92. The van der Waals surface area contributed by atoms with Crippen LogP contribution in [0.4, 0.5) is 0 Å². The van der Waals surface area contributed by atoms with Gasteiger partial charge in [0, 0.05) is 6.42 Å². The summed E-state index contributed by atoms with van der Waals surface area (Å²) in [6, 6.07) is 0. The molecule has 0 radical (unpaired) electrons. The second kappa shape index (κ2) is 9.86. The molecule has 1 fully saturated rings. The van der Waals surface area contributed by atoms with Crippen LogP contribution in [0.25, 0.3) is 0 Å². The van der Waals surface area contributed by atoms with Gasteiger partial charge in [0.25, 0.3) is 0 Å². The molecule has 0 aromatic carbocycles. The summed E-state index contributed by atoms with van der Waals surface area (Å²) in [6.45, 7) is 2.18. The predicted octanol–water partition coefficient (Wildman–Crippen LogP) is 4.86. The van der Waals surface area contributed by atoms with E-state index in [1.54, 1.807) is 0 Å². The zero-order valence-electron chi connectivity index (χ0n) is 14.0. The summed E-state index contributed by atoms with van der Waals surface area (Å²) < 4.78 is 0. The Kier molecular flexibility index (Phi) is 8.51. The third kappa shape index (κ3) is 5.98. The molecule has 4 nitrogen and oxygen atoms in total. The Hall–Kier alpha value is -1.06. The topological polar surface area (TPSA) is 74.6 Å². The molecule has 0 amide bonds. The van der Waals surface area contributed by atoms with E-state index < -0.39 is 11.9 Å². The number of hydrogen-bond donors (Lipinski definition) is 2. The van der Waals surface area contributed by atoms with Crippen molar-refractivity contribution in [3.63, 3.8) is 0 Å². The predicted molar refractivity (Wildman–Crippen MR) is 86.9 cm³/mol. The van der Waals surface area contributed by atoms with Crippen molar-refractivity contribution in [3.05, 3.63) is 0 Å². The van der Waals surface area contributed by atoms with Gasteiger partial charge in [-0.1, -0.05) is 51.9 Å². The highest BCUT2D eigenvalue weighted by atomic mass is 16.4. The molecule has 1 saturated carbocycles. The van der Waals surface area contributed by atoms with Crippen LogP contribution >= 0.6 is 0 Å². The van der Waals surface area contributed by atoms with Gasteiger partial charge in [-0.25, -0.2) is 0 Å². The Balaban J connectivity index is 2.70. The third-order valence-electron chi connectivity index (χ3n) is 5.30. The van der Waals surface area contributed by atoms with Crippen LogP contribution in [0.5, 0.6) is 0 Å². The normalized spacial score (nSPS) is 18.8. The minimum Gasteiger partial charge on any atom is -0.481 e. The summed E-state index contributed by atoms with van der Waals surface area (Å²) in [7, 11) is 0. The first kappa shape index (κ1) is 19.0. The second-order valence-electron chi connectivity index (χ2n) is 6.91. The van der Waals surface area contributed by atoms with E-state index in [-0.39, 0.29) is 17.8 Å². The number of carboxylic acids is 2. The van der Waals surface area contributed by atoms with Gasteiger partial charge < -0.3 is 10.2 Å². The van der Waals surface area contributed by atoms with Crippen LogP contribution in [0.1, 0.15) is 90.4 Å². The Morgan fingerprint density at radius 2 is 1.68 bits per heavy atom. The maximum atomic E-state index is 11.8. The van der Waals surface area contributed by atoms with Gasteiger partial charge in [-0.2, -0.15) is 0 Å². The van der Waals surface area contributed by atoms with Crippen molar-refractivity contribution in [3.8, 4) is 0 Å². The van der Waals surface area contributed by atoms with E-state index in [0.29, 0.717) is 12.8 Å². The lowest BCUT2D eigenvalue weighted by atomic mass is 9.62. The van der Waals surface area contributed by atoms with Gasteiger partial charge in [0.2, 0.25) is 0 Å². The first-order valence-electron chi connectivity index (χ1n) is 8.96. The molecule has 22 heavy (non-hydrogen) atoms. The highest BCUT2D eigenvalue weighted by Gasteiger charge is 2.42. The lowest BCUT2D eigenvalue weighted by molar-refractivity contribution is -0.149. The molecule has 128 valence electrons. The zero-order valence-corrected chi connectivity index (χ0v) is 14.0. The van der Waals surface area contributed by atoms with Gasteiger partial charge in [-0.15, -0.1) is 0 Å². The fourth-order valence-corrected chi connectivity index (χ4v) is 4.08. The standard InChI is InChI=1S/C18H32O4/c1-2-3-4-6-12-18(13-7-5-8-14-18)15(17(21)22)10-9-11-16(19)20/h15H,2-14H2,1H3,(H,19,20)(H,21,22). The summed E-state index contributed by atoms with van der Waals surface area (Å²) in [4.78, 5) is 22.5. The molecule has 0 aromatic rings. The summed E-state index contributed by atoms with van der Waals surface area (Å²) in [6.07, 6.45) is 12.2. The maximum Gasteiger partial charge on any atom is 0.307 e. The van der Waals surface area contributed by atoms with Crippen molar-refractivity contribution in [1.29, 1.82) is 0 Å². The summed E-state index contributed by atoms with van der Waals surface area (Å²) in [5, 5.41) is 18.5. The van der Waals surface area contributed by atoms with E-state index in [1.165, 1.54) is 25.7 Å². The van der Waals surface area contributed by atoms with Crippen molar-refractivity contribution in [2.24, 2.45) is 11.3 Å². The quantitative estimate of drug-likeness (QED) is 0.534. The molecule has 1 unspecified atom stereocenters. The third-order valence-corrected chi connectivity index (χ3v) is 5.30. The second-order valence-corrected chi connectivity index (χ2v) is 6.91. The molecule has 0 saturated heterocycles. The Bertz CT molecular complexity index is 345. The Morgan fingerprint density at radius 3 is 2.23 bits per heavy atom. The van der Waals surface area contributed by atoms with E-state index >= 15 is 0 Å². The highest BCUT2D eigenvalue weighted by molar-refractivity contribution is 5.71. The first-order chi connectivity index (χ1) is 10.5. The van der Waals surface area contributed by atoms with Crippen molar-refractivity contribution >= 4 is 11.9 Å². The summed E-state index contributed by atoms with van der Waals surface area (Å²) in [5.41, 5.74) is -0.0870. The van der Waals surface area contributed by atoms with E-state index in [1.807, 2.05) is 0 Å². The van der Waals surface area contributed by atoms with Crippen LogP contribution in [0, 0.1) is 11.3 Å². The van der Waals surface area contributed by atoms with Gasteiger partial charge in [-0.3, -0.25) is 9.59 Å². The molecule has 0 bridgehead atoms. The molecule has 2 N–H and O–H groups in total. The molecule has 4 heteroatoms. The number of rotatable bonds is 11. The van der Waals surface area contributed by atoms with Crippen LogP contribution < -0.4 is 0 Å². The lowest BCUT2D eigenvalue weighted by Crippen LogP contribution is -2.38. The molecule has 0 aliphatic heterocycles.